The number of methoxy groups -OCH3 is 1. The summed E-state index contributed by atoms with van der Waals surface area (Å²) < 4.78 is 6.15. The van der Waals surface area contributed by atoms with Crippen LogP contribution in [0.4, 0.5) is 0 Å². The first-order valence-electron chi connectivity index (χ1n) is 11.0. The second-order valence-corrected chi connectivity index (χ2v) is 10.2. The number of carboxylic acid groups (broad SMARTS) is 1. The van der Waals surface area contributed by atoms with Gasteiger partial charge in [0.1, 0.15) is 0 Å². The molecule has 6 rings (SSSR count). The lowest BCUT2D eigenvalue weighted by Crippen LogP contribution is -2.76. The Morgan fingerprint density at radius 1 is 1.17 bits per heavy atom. The molecular formula is C24H29ClO5. The highest BCUT2D eigenvalue weighted by atomic mass is 35.5. The minimum absolute atomic E-state index is 0.107. The molecule has 4 aliphatic carbocycles. The number of hydrogen-bond donors (Lipinski definition) is 1. The van der Waals surface area contributed by atoms with Crippen molar-refractivity contribution in [3.05, 3.63) is 39.9 Å². The van der Waals surface area contributed by atoms with Gasteiger partial charge in [0.2, 0.25) is 0 Å². The number of carboxylic acids is 1. The Morgan fingerprint density at radius 3 is 2.27 bits per heavy atom. The van der Waals surface area contributed by atoms with E-state index in [9.17, 15) is 4.79 Å². The lowest BCUT2D eigenvalue weighted by atomic mass is 9.47. The van der Waals surface area contributed by atoms with Crippen LogP contribution in [0.1, 0.15) is 68.6 Å². The van der Waals surface area contributed by atoms with Gasteiger partial charge in [0.05, 0.1) is 5.02 Å². The molecule has 1 atom stereocenters. The Hall–Kier alpha value is -1.40. The fraction of sp³-hybridized carbons (Fsp3) is 0.625. The lowest BCUT2D eigenvalue weighted by Gasteiger charge is -2.68. The molecule has 30 heavy (non-hydrogen) atoms. The molecule has 1 aliphatic heterocycles. The van der Waals surface area contributed by atoms with E-state index in [-0.39, 0.29) is 5.92 Å². The van der Waals surface area contributed by atoms with Crippen molar-refractivity contribution in [1.29, 1.82) is 0 Å². The van der Waals surface area contributed by atoms with Gasteiger partial charge in [-0.3, -0.25) is 0 Å². The van der Waals surface area contributed by atoms with Crippen LogP contribution < -0.4 is 0 Å². The molecule has 1 heterocycles. The molecule has 5 nitrogen and oxygen atoms in total. The number of hydrogen-bond acceptors (Lipinski definition) is 4. The van der Waals surface area contributed by atoms with Gasteiger partial charge in [-0.05, 0) is 78.9 Å². The molecule has 1 N–H and O–H groups in total. The van der Waals surface area contributed by atoms with E-state index in [2.05, 4.69) is 13.8 Å². The number of carbonyl (C=O) groups is 1. The maximum absolute atomic E-state index is 11.0. The normalized spacial score (nSPS) is 39.2. The third-order valence-corrected chi connectivity index (χ3v) is 8.41. The molecule has 0 radical (unpaired) electrons. The molecule has 1 unspecified atom stereocenters. The van der Waals surface area contributed by atoms with Gasteiger partial charge in [0, 0.05) is 18.7 Å². The third kappa shape index (κ3) is 2.62. The van der Waals surface area contributed by atoms with Gasteiger partial charge in [-0.25, -0.2) is 9.68 Å². The topological polar surface area (TPSA) is 65.0 Å². The Labute approximate surface area is 182 Å². The van der Waals surface area contributed by atoms with Crippen LogP contribution in [-0.2, 0) is 25.1 Å². The zero-order chi connectivity index (χ0) is 21.3. The van der Waals surface area contributed by atoms with Crippen molar-refractivity contribution in [3.8, 4) is 0 Å². The van der Waals surface area contributed by atoms with E-state index < -0.39 is 17.4 Å². The highest BCUT2D eigenvalue weighted by Crippen LogP contribution is 2.69. The monoisotopic (exact) mass is 432 g/mol. The summed E-state index contributed by atoms with van der Waals surface area (Å²) in [6.07, 6.45) is 8.75. The average Bonchev–Trinajstić information content (AvgIpc) is 2.66. The molecule has 5 aliphatic rings. The first-order chi connectivity index (χ1) is 14.3. The van der Waals surface area contributed by atoms with Gasteiger partial charge >= 0.3 is 5.97 Å². The van der Waals surface area contributed by atoms with Crippen molar-refractivity contribution in [3.63, 3.8) is 0 Å². The minimum Gasteiger partial charge on any atom is -0.478 e. The van der Waals surface area contributed by atoms with E-state index in [1.807, 2.05) is 12.1 Å². The molecule has 1 aromatic carbocycles. The van der Waals surface area contributed by atoms with E-state index in [1.54, 1.807) is 13.2 Å². The highest BCUT2D eigenvalue weighted by Gasteiger charge is 2.77. The fourth-order valence-corrected chi connectivity index (χ4v) is 7.60. The van der Waals surface area contributed by atoms with E-state index in [4.69, 9.17) is 31.2 Å². The smallest absolute Gasteiger partial charge is 0.328 e. The molecule has 4 saturated carbocycles. The van der Waals surface area contributed by atoms with Crippen molar-refractivity contribution in [2.45, 2.75) is 63.3 Å². The standard InChI is InChI=1S/C24H29ClO5/c1-13(2)21-16(5-7-20(26)27)4-6-19(22(21)25)24(28-3)23(29-30-24)17-9-14-8-15(11-17)12-18(23)10-14/h4-7,13-15,17-18H,8-12H2,1-3H3,(H,26,27)/b7-5+. The van der Waals surface area contributed by atoms with Gasteiger partial charge in [-0.2, -0.15) is 4.89 Å². The second-order valence-electron chi connectivity index (χ2n) is 9.84. The summed E-state index contributed by atoms with van der Waals surface area (Å²) in [5, 5.41) is 9.63. The largest absolute Gasteiger partial charge is 0.478 e. The summed E-state index contributed by atoms with van der Waals surface area (Å²) >= 11 is 7.00. The minimum atomic E-state index is -1.02. The molecule has 1 saturated heterocycles. The van der Waals surface area contributed by atoms with Gasteiger partial charge in [0.15, 0.2) is 5.60 Å². The summed E-state index contributed by atoms with van der Waals surface area (Å²) in [5.74, 6) is 0.506. The van der Waals surface area contributed by atoms with Gasteiger partial charge in [0.25, 0.3) is 5.79 Å². The molecule has 4 bridgehead atoms. The first-order valence-corrected chi connectivity index (χ1v) is 11.4. The van der Waals surface area contributed by atoms with Crippen LogP contribution in [0.15, 0.2) is 18.2 Å². The van der Waals surface area contributed by atoms with Crippen molar-refractivity contribution in [1.82, 2.24) is 0 Å². The quantitative estimate of drug-likeness (QED) is 0.490. The maximum atomic E-state index is 11.0. The molecule has 0 aromatic heterocycles. The van der Waals surface area contributed by atoms with Crippen molar-refractivity contribution >= 4 is 23.6 Å². The predicted octanol–water partition coefficient (Wildman–Crippen LogP) is 5.52. The molecular weight excluding hydrogens is 404 g/mol. The second kappa shape index (κ2) is 7.06. The number of halogens is 1. The van der Waals surface area contributed by atoms with Gasteiger partial charge < -0.3 is 9.84 Å². The highest BCUT2D eigenvalue weighted by molar-refractivity contribution is 6.32. The van der Waals surface area contributed by atoms with E-state index in [1.165, 1.54) is 6.42 Å². The van der Waals surface area contributed by atoms with Gasteiger partial charge in [-0.1, -0.05) is 37.6 Å². The molecule has 162 valence electrons. The molecule has 0 amide bonds. The number of rotatable bonds is 5. The van der Waals surface area contributed by atoms with E-state index in [0.29, 0.717) is 16.9 Å². The van der Waals surface area contributed by atoms with E-state index >= 15 is 0 Å². The van der Waals surface area contributed by atoms with Gasteiger partial charge in [-0.15, -0.1) is 0 Å². The fourth-order valence-electron chi connectivity index (χ4n) is 7.09. The number of benzene rings is 1. The van der Waals surface area contributed by atoms with Crippen LogP contribution in [-0.4, -0.2) is 23.8 Å². The molecule has 5 fully saturated rings. The molecule has 1 aromatic rings. The summed E-state index contributed by atoms with van der Waals surface area (Å²) in [6, 6.07) is 3.84. The summed E-state index contributed by atoms with van der Waals surface area (Å²) in [7, 11) is 1.68. The van der Waals surface area contributed by atoms with Crippen LogP contribution in [0.5, 0.6) is 0 Å². The summed E-state index contributed by atoms with van der Waals surface area (Å²) in [4.78, 5) is 22.9. The Morgan fingerprint density at radius 2 is 1.80 bits per heavy atom. The lowest BCUT2D eigenvalue weighted by molar-refractivity contribution is -0.645. The van der Waals surface area contributed by atoms with Crippen molar-refractivity contribution in [2.75, 3.05) is 7.11 Å². The summed E-state index contributed by atoms with van der Waals surface area (Å²) in [5.41, 5.74) is 2.00. The zero-order valence-electron chi connectivity index (χ0n) is 17.7. The Bertz CT molecular complexity index is 875. The Balaban J connectivity index is 1.62. The van der Waals surface area contributed by atoms with Crippen molar-refractivity contribution < 1.29 is 24.4 Å². The van der Waals surface area contributed by atoms with E-state index in [0.717, 1.165) is 60.3 Å². The SMILES string of the molecule is COC1(c2ccc(/C=C/C(=O)O)c(C(C)C)c2Cl)OOC12C1CC3CC(C1)CC2C3. The predicted molar refractivity (Wildman–Crippen MR) is 113 cm³/mol. The molecule has 1 spiro atoms. The van der Waals surface area contributed by atoms with Crippen LogP contribution in [0.2, 0.25) is 5.02 Å². The van der Waals surface area contributed by atoms with Crippen LogP contribution >= 0.6 is 11.6 Å². The molecule has 6 heteroatoms. The average molecular weight is 433 g/mol. The number of ether oxygens (including phenoxy) is 1. The first kappa shape index (κ1) is 20.5. The maximum Gasteiger partial charge on any atom is 0.328 e. The Kier molecular flexibility index (Phi) is 4.82. The zero-order valence-corrected chi connectivity index (χ0v) is 18.4. The van der Waals surface area contributed by atoms with Crippen LogP contribution in [0.3, 0.4) is 0 Å². The van der Waals surface area contributed by atoms with Crippen LogP contribution in [0, 0.1) is 23.7 Å². The van der Waals surface area contributed by atoms with Crippen molar-refractivity contribution in [2.24, 2.45) is 23.7 Å². The third-order valence-electron chi connectivity index (χ3n) is 8.00. The number of aliphatic carboxylic acids is 1. The summed E-state index contributed by atoms with van der Waals surface area (Å²) in [6.45, 7) is 4.11. The van der Waals surface area contributed by atoms with Crippen LogP contribution in [0.25, 0.3) is 6.08 Å².